The van der Waals surface area contributed by atoms with Crippen molar-refractivity contribution in [2.75, 3.05) is 17.3 Å². The van der Waals surface area contributed by atoms with Gasteiger partial charge in [0.25, 0.3) is 0 Å². The molecule has 0 saturated heterocycles. The minimum absolute atomic E-state index is 0.0573. The smallest absolute Gasteiger partial charge is 0.167 e. The molecule has 0 aliphatic heterocycles. The second-order valence-electron chi connectivity index (χ2n) is 3.75. The number of aliphatic hydroxyl groups excluding tert-OH is 1. The summed E-state index contributed by atoms with van der Waals surface area (Å²) in [7, 11) is -1.11. The number of nitrogens with zero attached hydrogens (tertiary/aromatic N) is 2. The topological polar surface area (TPSA) is 72.2 Å². The maximum absolute atomic E-state index is 11.5. The molecule has 17 heavy (non-hydrogen) atoms. The van der Waals surface area contributed by atoms with Crippen LogP contribution in [0.5, 0.6) is 0 Å². The Kier molecular flexibility index (Phi) is 5.48. The van der Waals surface area contributed by atoms with E-state index in [0.717, 1.165) is 10.9 Å². The van der Waals surface area contributed by atoms with Gasteiger partial charge in [-0.1, -0.05) is 18.7 Å². The lowest BCUT2D eigenvalue weighted by atomic mass is 10.5. The first-order valence-corrected chi connectivity index (χ1v) is 8.25. The minimum Gasteiger partial charge on any atom is -0.390 e. The van der Waals surface area contributed by atoms with E-state index in [0.29, 0.717) is 12.2 Å². The molecule has 0 bridgehead atoms. The number of thioether (sulfide) groups is 1. The molecule has 0 aromatic carbocycles. The summed E-state index contributed by atoms with van der Waals surface area (Å²) in [4.78, 5) is 4.12. The molecule has 0 aliphatic carbocycles. The fourth-order valence-corrected chi connectivity index (χ4v) is 4.18. The fourth-order valence-electron chi connectivity index (χ4n) is 1.38. The number of aliphatic hydroxyl groups is 1. The molecular formula is C10H18N2O3S2. The van der Waals surface area contributed by atoms with Crippen LogP contribution in [0.25, 0.3) is 0 Å². The molecule has 0 unspecified atom stereocenters. The van der Waals surface area contributed by atoms with Crippen LogP contribution < -0.4 is 0 Å². The summed E-state index contributed by atoms with van der Waals surface area (Å²) in [5.74, 6) is 0.918. The summed E-state index contributed by atoms with van der Waals surface area (Å²) in [6.45, 7) is 1.80. The van der Waals surface area contributed by atoms with Gasteiger partial charge in [0.05, 0.1) is 24.3 Å². The summed E-state index contributed by atoms with van der Waals surface area (Å²) in [6.07, 6.45) is 2.26. The van der Waals surface area contributed by atoms with E-state index in [1.807, 2.05) is 6.92 Å². The van der Waals surface area contributed by atoms with E-state index in [1.165, 1.54) is 11.8 Å². The van der Waals surface area contributed by atoms with Crippen molar-refractivity contribution in [1.82, 2.24) is 9.55 Å². The van der Waals surface area contributed by atoms with Gasteiger partial charge in [0, 0.05) is 18.6 Å². The second kappa shape index (κ2) is 6.42. The normalized spacial score (nSPS) is 11.9. The highest BCUT2D eigenvalue weighted by Gasteiger charge is 2.11. The highest BCUT2D eigenvalue weighted by Crippen LogP contribution is 2.17. The van der Waals surface area contributed by atoms with E-state index in [-0.39, 0.29) is 18.1 Å². The molecule has 0 aliphatic rings. The van der Waals surface area contributed by atoms with E-state index in [1.54, 1.807) is 17.8 Å². The van der Waals surface area contributed by atoms with Gasteiger partial charge < -0.3 is 9.67 Å². The minimum atomic E-state index is -2.92. The van der Waals surface area contributed by atoms with Crippen molar-refractivity contribution in [3.05, 3.63) is 11.9 Å². The molecule has 0 atom stereocenters. The number of sulfone groups is 1. The monoisotopic (exact) mass is 278 g/mol. The molecule has 1 aromatic heterocycles. The predicted octanol–water partition coefficient (Wildman–Crippen LogP) is 0.829. The Hall–Kier alpha value is -0.530. The van der Waals surface area contributed by atoms with E-state index in [2.05, 4.69) is 4.98 Å². The number of hydrogen-bond donors (Lipinski definition) is 1. The third-order valence-electron chi connectivity index (χ3n) is 2.34. The summed E-state index contributed by atoms with van der Waals surface area (Å²) >= 11 is 1.40. The lowest BCUT2D eigenvalue weighted by molar-refractivity contribution is 0.271. The zero-order chi connectivity index (χ0) is 12.9. The van der Waals surface area contributed by atoms with Crippen molar-refractivity contribution in [2.24, 2.45) is 7.05 Å². The van der Waals surface area contributed by atoms with Gasteiger partial charge in [-0.2, -0.15) is 0 Å². The molecule has 7 heteroatoms. The molecular weight excluding hydrogens is 260 g/mol. The molecule has 0 fully saturated rings. The van der Waals surface area contributed by atoms with Crippen LogP contribution in [0.2, 0.25) is 0 Å². The molecule has 0 radical (unpaired) electrons. The molecule has 0 amide bonds. The molecule has 5 nitrogen and oxygen atoms in total. The maximum Gasteiger partial charge on any atom is 0.167 e. The second-order valence-corrected chi connectivity index (χ2v) is 7.12. The zero-order valence-corrected chi connectivity index (χ0v) is 11.7. The third-order valence-corrected chi connectivity index (χ3v) is 5.50. The van der Waals surface area contributed by atoms with Gasteiger partial charge in [0.1, 0.15) is 0 Å². The molecule has 1 heterocycles. The van der Waals surface area contributed by atoms with Gasteiger partial charge in [-0.15, -0.1) is 0 Å². The van der Waals surface area contributed by atoms with Crippen LogP contribution in [0.3, 0.4) is 0 Å². The van der Waals surface area contributed by atoms with Crippen LogP contribution >= 0.6 is 11.8 Å². The lowest BCUT2D eigenvalue weighted by Crippen LogP contribution is -2.12. The van der Waals surface area contributed by atoms with Gasteiger partial charge in [0.2, 0.25) is 0 Å². The van der Waals surface area contributed by atoms with Gasteiger partial charge >= 0.3 is 0 Å². The molecule has 0 saturated carbocycles. The third kappa shape index (κ3) is 4.33. The predicted molar refractivity (Wildman–Crippen MR) is 68.8 cm³/mol. The van der Waals surface area contributed by atoms with Crippen LogP contribution in [0, 0.1) is 0 Å². The molecule has 1 aromatic rings. The van der Waals surface area contributed by atoms with Crippen molar-refractivity contribution >= 4 is 21.6 Å². The van der Waals surface area contributed by atoms with Crippen molar-refractivity contribution in [2.45, 2.75) is 25.1 Å². The van der Waals surface area contributed by atoms with Crippen LogP contribution in [0.4, 0.5) is 0 Å². The number of rotatable bonds is 7. The highest BCUT2D eigenvalue weighted by molar-refractivity contribution is 8.00. The van der Waals surface area contributed by atoms with Crippen LogP contribution in [0.15, 0.2) is 11.4 Å². The quantitative estimate of drug-likeness (QED) is 0.748. The summed E-state index contributed by atoms with van der Waals surface area (Å²) in [6, 6.07) is 0. The fraction of sp³-hybridized carbons (Fsp3) is 0.700. The van der Waals surface area contributed by atoms with E-state index in [9.17, 15) is 8.42 Å². The first-order chi connectivity index (χ1) is 8.00. The van der Waals surface area contributed by atoms with E-state index < -0.39 is 9.84 Å². The molecule has 1 N–H and O–H groups in total. The number of hydrogen-bond acceptors (Lipinski definition) is 5. The Balaban J connectivity index is 2.49. The van der Waals surface area contributed by atoms with Gasteiger partial charge in [-0.25, -0.2) is 13.4 Å². The Labute approximate surface area is 106 Å². The van der Waals surface area contributed by atoms with Crippen molar-refractivity contribution in [3.63, 3.8) is 0 Å². The lowest BCUT2D eigenvalue weighted by Gasteiger charge is -2.04. The van der Waals surface area contributed by atoms with E-state index >= 15 is 0 Å². The van der Waals surface area contributed by atoms with Gasteiger partial charge in [-0.05, 0) is 6.42 Å². The van der Waals surface area contributed by atoms with E-state index in [4.69, 9.17) is 5.11 Å². The summed E-state index contributed by atoms with van der Waals surface area (Å²) < 4.78 is 24.7. The Bertz CT molecular complexity index is 454. The molecule has 1 rings (SSSR count). The number of imidazole rings is 1. The van der Waals surface area contributed by atoms with Gasteiger partial charge in [0.15, 0.2) is 15.0 Å². The highest BCUT2D eigenvalue weighted by atomic mass is 32.2. The average Bonchev–Trinajstić information content (AvgIpc) is 2.60. The van der Waals surface area contributed by atoms with Crippen LogP contribution in [-0.2, 0) is 23.5 Å². The average molecular weight is 278 g/mol. The zero-order valence-electron chi connectivity index (χ0n) is 10.1. The Morgan fingerprint density at radius 3 is 2.71 bits per heavy atom. The summed E-state index contributed by atoms with van der Waals surface area (Å²) in [5, 5.41) is 9.73. The van der Waals surface area contributed by atoms with Crippen LogP contribution in [0.1, 0.15) is 19.0 Å². The maximum atomic E-state index is 11.5. The number of aromatic nitrogens is 2. The molecule has 0 spiro atoms. The standard InChI is InChI=1S/C10H18N2O3S2/c1-3-5-17(14,15)6-4-16-10-11-7-9(8-13)12(10)2/h7,13H,3-6,8H2,1-2H3. The first-order valence-electron chi connectivity index (χ1n) is 5.45. The SMILES string of the molecule is CCCS(=O)(=O)CCSc1ncc(CO)n1C. The van der Waals surface area contributed by atoms with Crippen molar-refractivity contribution < 1.29 is 13.5 Å². The summed E-state index contributed by atoms with van der Waals surface area (Å²) in [5.41, 5.74) is 0.726. The Morgan fingerprint density at radius 2 is 2.18 bits per heavy atom. The van der Waals surface area contributed by atoms with Crippen molar-refractivity contribution in [3.8, 4) is 0 Å². The largest absolute Gasteiger partial charge is 0.390 e. The van der Waals surface area contributed by atoms with Crippen molar-refractivity contribution in [1.29, 1.82) is 0 Å². The van der Waals surface area contributed by atoms with Gasteiger partial charge in [-0.3, -0.25) is 0 Å². The Morgan fingerprint density at radius 1 is 1.47 bits per heavy atom. The first kappa shape index (κ1) is 14.5. The molecule has 98 valence electrons. The van der Waals surface area contributed by atoms with Crippen LogP contribution in [-0.4, -0.2) is 40.3 Å².